The summed E-state index contributed by atoms with van der Waals surface area (Å²) in [7, 11) is -0.525. The lowest BCUT2D eigenvalue weighted by atomic mass is 10.2. The summed E-state index contributed by atoms with van der Waals surface area (Å²) in [5, 5.41) is 0. The fourth-order valence-electron chi connectivity index (χ4n) is 1.92. The topological polar surface area (TPSA) is 0 Å². The van der Waals surface area contributed by atoms with E-state index in [9.17, 15) is 0 Å². The van der Waals surface area contributed by atoms with E-state index in [0.717, 1.165) is 0 Å². The molecule has 2 aromatic rings. The lowest BCUT2D eigenvalue weighted by Gasteiger charge is -2.10. The van der Waals surface area contributed by atoms with Gasteiger partial charge in [0.1, 0.15) is 0 Å². The van der Waals surface area contributed by atoms with Crippen LogP contribution in [0.4, 0.5) is 0 Å². The van der Waals surface area contributed by atoms with Gasteiger partial charge in [0.2, 0.25) is 0 Å². The molecule has 0 aromatic heterocycles. The molecule has 0 heterocycles. The summed E-state index contributed by atoms with van der Waals surface area (Å²) in [6.45, 7) is 4.00. The van der Waals surface area contributed by atoms with Crippen molar-refractivity contribution in [2.24, 2.45) is 0 Å². The molecule has 0 atom stereocenters. The van der Waals surface area contributed by atoms with Crippen LogP contribution in [0.15, 0.2) is 72.9 Å². The molecule has 0 fully saturated rings. The lowest BCUT2D eigenvalue weighted by Crippen LogP contribution is -2.18. The smallest absolute Gasteiger partial charge is 0.0840 e. The zero-order valence-corrected chi connectivity index (χ0v) is 11.0. The van der Waals surface area contributed by atoms with Gasteiger partial charge < -0.3 is 0 Å². The molecule has 0 unspecified atom stereocenters. The van der Waals surface area contributed by atoms with Gasteiger partial charge in [0, 0.05) is 0 Å². The summed E-state index contributed by atoms with van der Waals surface area (Å²) >= 11 is 0. The Morgan fingerprint density at radius 2 is 1.18 bits per heavy atom. The van der Waals surface area contributed by atoms with Crippen molar-refractivity contribution in [3.05, 3.63) is 84.1 Å². The van der Waals surface area contributed by atoms with Gasteiger partial charge >= 0.3 is 0 Å². The molecule has 85 valence electrons. The standard InChI is InChI=1S/C16H17Si/c1-2-17(13-15-9-5-3-6-10-15)14-16-11-7-4-8-12-16/h2-12H,1,13-14H2. The summed E-state index contributed by atoms with van der Waals surface area (Å²) in [5.41, 5.74) is 5.03. The van der Waals surface area contributed by atoms with Crippen LogP contribution < -0.4 is 0 Å². The highest BCUT2D eigenvalue weighted by atomic mass is 28.3. The molecule has 2 aromatic carbocycles. The van der Waals surface area contributed by atoms with Crippen LogP contribution in [0.25, 0.3) is 0 Å². The Hall–Kier alpha value is -1.60. The first-order chi connectivity index (χ1) is 8.38. The second-order valence-electron chi connectivity index (χ2n) is 4.19. The zero-order valence-electron chi connectivity index (χ0n) is 9.97. The van der Waals surface area contributed by atoms with E-state index in [0.29, 0.717) is 0 Å². The van der Waals surface area contributed by atoms with Crippen molar-refractivity contribution in [2.45, 2.75) is 12.1 Å². The highest BCUT2D eigenvalue weighted by Gasteiger charge is 2.08. The van der Waals surface area contributed by atoms with Crippen molar-refractivity contribution in [3.63, 3.8) is 0 Å². The molecule has 1 heteroatoms. The molecule has 0 aliphatic heterocycles. The van der Waals surface area contributed by atoms with Crippen LogP contribution in [0.1, 0.15) is 11.1 Å². The Bertz CT molecular complexity index is 406. The molecule has 17 heavy (non-hydrogen) atoms. The average Bonchev–Trinajstić information content (AvgIpc) is 2.40. The third-order valence-electron chi connectivity index (χ3n) is 2.84. The Kier molecular flexibility index (Phi) is 4.34. The predicted octanol–water partition coefficient (Wildman–Crippen LogP) is 3.77. The second kappa shape index (κ2) is 6.21. The first-order valence-electron chi connectivity index (χ1n) is 5.93. The number of rotatable bonds is 5. The molecule has 0 saturated carbocycles. The monoisotopic (exact) mass is 237 g/mol. The first kappa shape index (κ1) is 11.9. The minimum atomic E-state index is -0.525. The van der Waals surface area contributed by atoms with Crippen molar-refractivity contribution >= 4 is 8.80 Å². The maximum atomic E-state index is 4.00. The van der Waals surface area contributed by atoms with E-state index in [1.807, 2.05) is 0 Å². The summed E-state index contributed by atoms with van der Waals surface area (Å²) in [6, 6.07) is 23.8. The van der Waals surface area contributed by atoms with E-state index < -0.39 is 8.80 Å². The van der Waals surface area contributed by atoms with Gasteiger partial charge in [0.25, 0.3) is 0 Å². The molecule has 1 radical (unpaired) electrons. The third kappa shape index (κ3) is 3.72. The molecule has 0 bridgehead atoms. The van der Waals surface area contributed by atoms with Crippen LogP contribution in [0.5, 0.6) is 0 Å². The fourth-order valence-corrected chi connectivity index (χ4v) is 3.86. The van der Waals surface area contributed by atoms with Crippen LogP contribution in [0, 0.1) is 0 Å². The zero-order chi connectivity index (χ0) is 11.9. The molecular weight excluding hydrogens is 220 g/mol. The summed E-state index contributed by atoms with van der Waals surface area (Å²) in [4.78, 5) is 0. The normalized spacial score (nSPS) is 10.4. The quantitative estimate of drug-likeness (QED) is 0.694. The van der Waals surface area contributed by atoms with Crippen molar-refractivity contribution in [2.75, 3.05) is 0 Å². The Balaban J connectivity index is 2.01. The van der Waals surface area contributed by atoms with Gasteiger partial charge in [-0.15, -0.1) is 12.3 Å². The molecule has 0 amide bonds. The van der Waals surface area contributed by atoms with Gasteiger partial charge in [0.15, 0.2) is 0 Å². The molecule has 0 aliphatic carbocycles. The molecule has 0 N–H and O–H groups in total. The maximum absolute atomic E-state index is 4.00. The SMILES string of the molecule is C=C[Si](Cc1ccccc1)Cc1ccccc1. The van der Waals surface area contributed by atoms with Crippen LogP contribution in [-0.4, -0.2) is 8.80 Å². The summed E-state index contributed by atoms with van der Waals surface area (Å²) in [5.74, 6) is 0. The minimum Gasteiger partial charge on any atom is -0.107 e. The van der Waals surface area contributed by atoms with Crippen LogP contribution in [0.3, 0.4) is 0 Å². The number of benzene rings is 2. The maximum Gasteiger partial charge on any atom is 0.0840 e. The van der Waals surface area contributed by atoms with Gasteiger partial charge in [-0.25, -0.2) is 0 Å². The Labute approximate surface area is 105 Å². The second-order valence-corrected chi connectivity index (χ2v) is 6.62. The van der Waals surface area contributed by atoms with Gasteiger partial charge in [-0.3, -0.25) is 0 Å². The van der Waals surface area contributed by atoms with Crippen LogP contribution >= 0.6 is 0 Å². The van der Waals surface area contributed by atoms with E-state index in [-0.39, 0.29) is 0 Å². The molecule has 2 rings (SSSR count). The largest absolute Gasteiger partial charge is 0.107 e. The Morgan fingerprint density at radius 1 is 0.765 bits per heavy atom. The summed E-state index contributed by atoms with van der Waals surface area (Å²) < 4.78 is 0. The highest BCUT2D eigenvalue weighted by Crippen LogP contribution is 2.08. The molecule has 0 saturated heterocycles. The summed E-state index contributed by atoms with van der Waals surface area (Å²) in [6.07, 6.45) is 0. The van der Waals surface area contributed by atoms with E-state index in [1.54, 1.807) is 0 Å². The van der Waals surface area contributed by atoms with Crippen molar-refractivity contribution in [1.82, 2.24) is 0 Å². The van der Waals surface area contributed by atoms with Crippen molar-refractivity contribution < 1.29 is 0 Å². The number of hydrogen-bond acceptors (Lipinski definition) is 0. The van der Waals surface area contributed by atoms with Crippen molar-refractivity contribution in [3.8, 4) is 0 Å². The molecule has 0 nitrogen and oxygen atoms in total. The molecular formula is C16H17Si. The van der Waals surface area contributed by atoms with Crippen LogP contribution in [-0.2, 0) is 12.1 Å². The van der Waals surface area contributed by atoms with Gasteiger partial charge in [-0.05, 0) is 12.1 Å². The first-order valence-corrected chi connectivity index (χ1v) is 7.92. The Morgan fingerprint density at radius 3 is 1.53 bits per heavy atom. The highest BCUT2D eigenvalue weighted by molar-refractivity contribution is 6.63. The van der Waals surface area contributed by atoms with Gasteiger partial charge in [0.05, 0.1) is 8.80 Å². The lowest BCUT2D eigenvalue weighted by molar-refractivity contribution is 1.28. The van der Waals surface area contributed by atoms with Crippen LogP contribution in [0.2, 0.25) is 0 Å². The minimum absolute atomic E-state index is 0.525. The molecule has 0 aliphatic rings. The van der Waals surface area contributed by atoms with Gasteiger partial charge in [-0.2, -0.15) is 0 Å². The number of hydrogen-bond donors (Lipinski definition) is 0. The van der Waals surface area contributed by atoms with Gasteiger partial charge in [-0.1, -0.05) is 71.8 Å². The van der Waals surface area contributed by atoms with E-state index in [1.165, 1.54) is 23.2 Å². The van der Waals surface area contributed by atoms with E-state index >= 15 is 0 Å². The van der Waals surface area contributed by atoms with E-state index in [2.05, 4.69) is 72.9 Å². The average molecular weight is 237 g/mol. The fraction of sp³-hybridized carbons (Fsp3) is 0.125. The van der Waals surface area contributed by atoms with E-state index in [4.69, 9.17) is 0 Å². The predicted molar refractivity (Wildman–Crippen MR) is 76.2 cm³/mol. The van der Waals surface area contributed by atoms with Crippen molar-refractivity contribution in [1.29, 1.82) is 0 Å². The third-order valence-corrected chi connectivity index (χ3v) is 5.14. The molecule has 0 spiro atoms.